The van der Waals surface area contributed by atoms with E-state index in [0.717, 1.165) is 37.0 Å². The zero-order valence-electron chi connectivity index (χ0n) is 24.3. The van der Waals surface area contributed by atoms with Crippen LogP contribution in [0.3, 0.4) is 0 Å². The van der Waals surface area contributed by atoms with Crippen molar-refractivity contribution < 1.29 is 33.7 Å². The van der Waals surface area contributed by atoms with Crippen LogP contribution in [0, 0.1) is 6.92 Å². The summed E-state index contributed by atoms with van der Waals surface area (Å²) in [5.41, 5.74) is 1.20. The number of anilines is 1. The molecule has 4 rings (SSSR count). The maximum atomic E-state index is 13.6. The van der Waals surface area contributed by atoms with Crippen LogP contribution in [0.25, 0.3) is 5.76 Å². The molecular weight excluding hydrogens is 556 g/mol. The number of aryl methyl sites for hydroxylation is 1. The molecule has 1 fully saturated rings. The highest BCUT2D eigenvalue weighted by molar-refractivity contribution is 7.17. The number of unbranched alkanes of at least 4 members (excludes halogenated alkanes) is 2. The van der Waals surface area contributed by atoms with Crippen molar-refractivity contribution in [2.24, 2.45) is 0 Å². The Bertz CT molecular complexity index is 1460. The molecule has 1 aliphatic rings. The predicted molar refractivity (Wildman–Crippen MR) is 161 cm³/mol. The molecule has 1 saturated heterocycles. The number of aromatic nitrogens is 1. The van der Waals surface area contributed by atoms with E-state index >= 15 is 0 Å². The topological polar surface area (TPSA) is 115 Å². The molecule has 1 atom stereocenters. The van der Waals surface area contributed by atoms with Gasteiger partial charge in [0, 0.05) is 5.56 Å². The average Bonchev–Trinajstić information content (AvgIpc) is 3.50. The van der Waals surface area contributed by atoms with Crippen molar-refractivity contribution in [3.63, 3.8) is 0 Å². The van der Waals surface area contributed by atoms with Gasteiger partial charge in [-0.25, -0.2) is 9.78 Å². The highest BCUT2D eigenvalue weighted by Crippen LogP contribution is 2.44. The largest absolute Gasteiger partial charge is 0.507 e. The van der Waals surface area contributed by atoms with Crippen LogP contribution in [0.5, 0.6) is 11.5 Å². The number of amides is 1. The number of esters is 1. The third kappa shape index (κ3) is 6.65. The summed E-state index contributed by atoms with van der Waals surface area (Å²) in [7, 11) is 0. The number of hydrogen-bond donors (Lipinski definition) is 1. The Morgan fingerprint density at radius 3 is 2.29 bits per heavy atom. The quantitative estimate of drug-likeness (QED) is 0.0775. The van der Waals surface area contributed by atoms with Gasteiger partial charge in [-0.15, -0.1) is 0 Å². The number of carbonyl (C=O) groups excluding carboxylic acids is 3. The molecule has 1 amide bonds. The third-order valence-corrected chi connectivity index (χ3v) is 7.87. The summed E-state index contributed by atoms with van der Waals surface area (Å²) >= 11 is 0.967. The molecule has 0 saturated carbocycles. The van der Waals surface area contributed by atoms with Gasteiger partial charge in [0.1, 0.15) is 22.1 Å². The minimum atomic E-state index is -1.00. The van der Waals surface area contributed by atoms with Crippen molar-refractivity contribution in [2.45, 2.75) is 59.4 Å². The van der Waals surface area contributed by atoms with Crippen molar-refractivity contribution in [1.29, 1.82) is 0 Å². The molecule has 42 heavy (non-hydrogen) atoms. The molecule has 0 radical (unpaired) electrons. The van der Waals surface area contributed by atoms with E-state index in [-0.39, 0.29) is 27.9 Å². The van der Waals surface area contributed by atoms with Crippen molar-refractivity contribution in [2.75, 3.05) is 24.7 Å². The van der Waals surface area contributed by atoms with Gasteiger partial charge < -0.3 is 19.3 Å². The molecule has 9 nitrogen and oxygen atoms in total. The number of aliphatic hydroxyl groups is 1. The summed E-state index contributed by atoms with van der Waals surface area (Å²) < 4.78 is 16.7. The standard InChI is InChI=1S/C32H36N2O7S/c1-5-8-17-40-23-15-13-21(14-16-23)26-25(27(35)22-11-10-12-24(19-22)41-18-9-6-2)28(36)30(37)34(26)32-33-20(4)29(42-32)31(38)39-7-3/h10-16,19,26,35H,5-9,17-18H2,1-4H3/b27-25+. The number of aliphatic hydroxyl groups excluding tert-OH is 1. The van der Waals surface area contributed by atoms with Crippen LogP contribution in [-0.2, 0) is 14.3 Å². The van der Waals surface area contributed by atoms with Crippen LogP contribution in [0.2, 0.25) is 0 Å². The van der Waals surface area contributed by atoms with Gasteiger partial charge >= 0.3 is 11.9 Å². The van der Waals surface area contributed by atoms with E-state index in [1.54, 1.807) is 62.4 Å². The van der Waals surface area contributed by atoms with Gasteiger partial charge in [0.15, 0.2) is 5.13 Å². The maximum absolute atomic E-state index is 13.6. The van der Waals surface area contributed by atoms with E-state index in [2.05, 4.69) is 18.8 Å². The normalized spacial score (nSPS) is 16.1. The van der Waals surface area contributed by atoms with Crippen LogP contribution in [0.15, 0.2) is 54.1 Å². The number of ether oxygens (including phenoxy) is 3. The lowest BCUT2D eigenvalue weighted by Gasteiger charge is -2.23. The molecule has 1 unspecified atom stereocenters. The molecule has 0 spiro atoms. The third-order valence-electron chi connectivity index (χ3n) is 6.73. The number of nitrogens with zero attached hydrogens (tertiary/aromatic N) is 2. The van der Waals surface area contributed by atoms with Gasteiger partial charge in [0.2, 0.25) is 0 Å². The molecule has 0 bridgehead atoms. The van der Waals surface area contributed by atoms with E-state index in [9.17, 15) is 19.5 Å². The molecule has 1 N–H and O–H groups in total. The van der Waals surface area contributed by atoms with Crippen LogP contribution in [-0.4, -0.2) is 47.6 Å². The molecule has 10 heteroatoms. The fourth-order valence-electron chi connectivity index (χ4n) is 4.52. The van der Waals surface area contributed by atoms with Crippen molar-refractivity contribution in [3.05, 3.63) is 75.8 Å². The van der Waals surface area contributed by atoms with Gasteiger partial charge in [0.25, 0.3) is 5.78 Å². The molecule has 0 aliphatic carbocycles. The zero-order chi connectivity index (χ0) is 30.2. The Morgan fingerprint density at radius 1 is 0.976 bits per heavy atom. The summed E-state index contributed by atoms with van der Waals surface area (Å²) in [4.78, 5) is 45.6. The van der Waals surface area contributed by atoms with Crippen LogP contribution < -0.4 is 14.4 Å². The Hall–Kier alpha value is -4.18. The van der Waals surface area contributed by atoms with Crippen LogP contribution in [0.1, 0.15) is 79.0 Å². The van der Waals surface area contributed by atoms with Crippen LogP contribution in [0.4, 0.5) is 5.13 Å². The van der Waals surface area contributed by atoms with Gasteiger partial charge in [-0.2, -0.15) is 0 Å². The van der Waals surface area contributed by atoms with Gasteiger partial charge in [0.05, 0.1) is 37.1 Å². The second kappa shape index (κ2) is 14.1. The van der Waals surface area contributed by atoms with Crippen LogP contribution >= 0.6 is 11.3 Å². The maximum Gasteiger partial charge on any atom is 0.350 e. The highest BCUT2D eigenvalue weighted by Gasteiger charge is 2.48. The second-order valence-corrected chi connectivity index (χ2v) is 10.8. The lowest BCUT2D eigenvalue weighted by Crippen LogP contribution is -2.29. The number of thiazole rings is 1. The van der Waals surface area contributed by atoms with E-state index < -0.39 is 23.7 Å². The summed E-state index contributed by atoms with van der Waals surface area (Å²) in [5.74, 6) is -1.41. The van der Waals surface area contributed by atoms with Gasteiger partial charge in [-0.1, -0.05) is 62.3 Å². The number of benzene rings is 2. The minimum Gasteiger partial charge on any atom is -0.507 e. The fourth-order valence-corrected chi connectivity index (χ4v) is 5.51. The van der Waals surface area contributed by atoms with Gasteiger partial charge in [-0.3, -0.25) is 14.5 Å². The van der Waals surface area contributed by atoms with Crippen molar-refractivity contribution in [3.8, 4) is 11.5 Å². The number of Topliss-reactive ketones (excluding diaryl/α,β-unsaturated/α-hetero) is 1. The second-order valence-electron chi connectivity index (χ2n) is 9.80. The molecule has 1 aromatic heterocycles. The smallest absolute Gasteiger partial charge is 0.350 e. The lowest BCUT2D eigenvalue weighted by molar-refractivity contribution is -0.132. The zero-order valence-corrected chi connectivity index (χ0v) is 25.2. The van der Waals surface area contributed by atoms with Gasteiger partial charge in [-0.05, 0) is 56.5 Å². The minimum absolute atomic E-state index is 0.0871. The van der Waals surface area contributed by atoms with E-state index in [1.807, 2.05) is 0 Å². The Balaban J connectivity index is 1.81. The first-order valence-corrected chi connectivity index (χ1v) is 15.0. The summed E-state index contributed by atoms with van der Waals surface area (Å²) in [6.07, 6.45) is 3.76. The van der Waals surface area contributed by atoms with E-state index in [4.69, 9.17) is 14.2 Å². The molecular formula is C32H36N2O7S. The predicted octanol–water partition coefficient (Wildman–Crippen LogP) is 6.61. The highest BCUT2D eigenvalue weighted by atomic mass is 32.1. The first-order valence-electron chi connectivity index (χ1n) is 14.2. The summed E-state index contributed by atoms with van der Waals surface area (Å²) in [5, 5.41) is 11.7. The summed E-state index contributed by atoms with van der Waals surface area (Å²) in [6.45, 7) is 8.76. The average molecular weight is 593 g/mol. The van der Waals surface area contributed by atoms with E-state index in [1.165, 1.54) is 4.90 Å². The number of carbonyl (C=O) groups is 3. The molecule has 222 valence electrons. The molecule has 2 heterocycles. The van der Waals surface area contributed by atoms with Crippen molar-refractivity contribution >= 4 is 39.9 Å². The molecule has 2 aromatic carbocycles. The lowest BCUT2D eigenvalue weighted by atomic mass is 9.95. The monoisotopic (exact) mass is 592 g/mol. The molecule has 1 aliphatic heterocycles. The van der Waals surface area contributed by atoms with E-state index in [0.29, 0.717) is 41.5 Å². The number of ketones is 1. The molecule has 3 aromatic rings. The SMILES string of the molecule is CCCCOc1ccc(C2/C(=C(\O)c3cccc(OCCCC)c3)C(=O)C(=O)N2c2nc(C)c(C(=O)OCC)s2)cc1. The number of rotatable bonds is 13. The Morgan fingerprint density at radius 2 is 1.64 bits per heavy atom. The first kappa shape index (κ1) is 30.8. The fraction of sp³-hybridized carbons (Fsp3) is 0.375. The number of hydrogen-bond acceptors (Lipinski definition) is 9. The summed E-state index contributed by atoms with van der Waals surface area (Å²) in [6, 6.07) is 12.9. The van der Waals surface area contributed by atoms with Crippen molar-refractivity contribution in [1.82, 2.24) is 4.98 Å². The Kier molecular flexibility index (Phi) is 10.4. The first-order chi connectivity index (χ1) is 20.3. The Labute approximate surface area is 249 Å².